The van der Waals surface area contributed by atoms with Gasteiger partial charge in [-0.25, -0.2) is 20.2 Å². The Bertz CT molecular complexity index is 1360. The molecule has 12 heteroatoms. The van der Waals surface area contributed by atoms with Crippen molar-refractivity contribution in [2.45, 2.75) is 54.1 Å². The Balaban J connectivity index is 1.38. The third kappa shape index (κ3) is 4.98. The highest BCUT2D eigenvalue weighted by Gasteiger charge is 2.42. The molecule has 1 aromatic carbocycles. The van der Waals surface area contributed by atoms with Crippen LogP contribution in [0, 0.1) is 5.92 Å². The molecule has 2 saturated carbocycles. The third-order valence-corrected chi connectivity index (χ3v) is 11.6. The Kier molecular flexibility index (Phi) is 6.77. The molecule has 2 heterocycles. The zero-order valence-corrected chi connectivity index (χ0v) is 22.0. The molecule has 4 atom stereocenters. The van der Waals surface area contributed by atoms with Gasteiger partial charge in [0, 0.05) is 23.7 Å². The molecule has 0 amide bonds. The standard InChI is InChI=1S/C24H33N5O5S2/c1-35(2,17-6-4-7-17)18-8-3-5-15(11-18)19-13-22-26-10-9-21(29(22)28-19)27-20-12-16(23(30)24(20)31)14-34-36(25,32)33/h3,5,8-11,13,16-17,20,23-24,27,30-31H,4,6-7,12,14H2,1-2H3,(H2,25,32,33)/t16-,20-,23-,24+/m1/s1. The number of nitrogens with two attached hydrogens (primary N) is 1. The van der Waals surface area contributed by atoms with Crippen LogP contribution in [0.4, 0.5) is 5.82 Å². The normalized spacial score (nSPS) is 25.7. The van der Waals surface area contributed by atoms with Gasteiger partial charge < -0.3 is 15.5 Å². The average Bonchev–Trinajstić information content (AvgIpc) is 3.33. The van der Waals surface area contributed by atoms with Crippen LogP contribution in [-0.2, 0) is 14.5 Å². The van der Waals surface area contributed by atoms with Crippen LogP contribution < -0.4 is 10.5 Å². The number of hydrogen-bond acceptors (Lipinski definition) is 8. The number of aromatic nitrogens is 3. The topological polar surface area (TPSA) is 152 Å². The minimum atomic E-state index is -4.13. The van der Waals surface area contributed by atoms with E-state index in [1.165, 1.54) is 24.2 Å². The molecule has 0 unspecified atom stereocenters. The first-order valence-corrected chi connectivity index (χ1v) is 16.0. The van der Waals surface area contributed by atoms with Gasteiger partial charge >= 0.3 is 10.3 Å². The maximum atomic E-state index is 11.1. The minimum Gasteiger partial charge on any atom is -0.390 e. The predicted molar refractivity (Wildman–Crippen MR) is 140 cm³/mol. The summed E-state index contributed by atoms with van der Waals surface area (Å²) in [5.41, 5.74) is 2.47. The lowest BCUT2D eigenvalue weighted by atomic mass is 10.00. The van der Waals surface area contributed by atoms with Crippen LogP contribution in [0.15, 0.2) is 47.5 Å². The van der Waals surface area contributed by atoms with Gasteiger partial charge in [0.05, 0.1) is 24.4 Å². The van der Waals surface area contributed by atoms with Crippen molar-refractivity contribution in [3.05, 3.63) is 42.6 Å². The molecule has 2 fully saturated rings. The van der Waals surface area contributed by atoms with Gasteiger partial charge in [0.2, 0.25) is 0 Å². The molecular weight excluding hydrogens is 502 g/mol. The summed E-state index contributed by atoms with van der Waals surface area (Å²) < 4.78 is 28.6. The van der Waals surface area contributed by atoms with Gasteiger partial charge in [0.1, 0.15) is 11.9 Å². The minimum absolute atomic E-state index is 0.289. The zero-order valence-electron chi connectivity index (χ0n) is 20.3. The largest absolute Gasteiger partial charge is 0.390 e. The van der Waals surface area contributed by atoms with Gasteiger partial charge in [-0.1, -0.05) is 24.6 Å². The van der Waals surface area contributed by atoms with Gasteiger partial charge in [-0.15, -0.1) is 0 Å². The number of fused-ring (bicyclic) bond motifs is 1. The first kappa shape index (κ1) is 25.4. The molecule has 5 rings (SSSR count). The first-order valence-electron chi connectivity index (χ1n) is 12.0. The molecule has 2 aliphatic rings. The van der Waals surface area contributed by atoms with E-state index in [0.29, 0.717) is 11.5 Å². The highest BCUT2D eigenvalue weighted by Crippen LogP contribution is 2.59. The fourth-order valence-electron chi connectivity index (χ4n) is 5.09. The van der Waals surface area contributed by atoms with E-state index in [1.807, 2.05) is 6.07 Å². The van der Waals surface area contributed by atoms with E-state index in [0.717, 1.165) is 16.5 Å². The quantitative estimate of drug-likeness (QED) is 0.342. The van der Waals surface area contributed by atoms with E-state index < -0.39 is 44.5 Å². The molecule has 10 nitrogen and oxygen atoms in total. The van der Waals surface area contributed by atoms with Crippen molar-refractivity contribution in [1.82, 2.24) is 14.6 Å². The molecule has 196 valence electrons. The molecule has 0 radical (unpaired) electrons. The highest BCUT2D eigenvalue weighted by atomic mass is 32.3. The monoisotopic (exact) mass is 535 g/mol. The Morgan fingerprint density at radius 1 is 1.17 bits per heavy atom. The Labute approximate surface area is 212 Å². The second kappa shape index (κ2) is 9.58. The summed E-state index contributed by atoms with van der Waals surface area (Å²) in [6, 6.07) is 11.8. The number of benzene rings is 1. The average molecular weight is 536 g/mol. The summed E-state index contributed by atoms with van der Waals surface area (Å²) >= 11 is 0. The second-order valence-corrected chi connectivity index (χ2v) is 15.3. The van der Waals surface area contributed by atoms with Crippen LogP contribution in [-0.4, -0.2) is 75.8 Å². The Hall–Kier alpha value is -2.22. The van der Waals surface area contributed by atoms with Gasteiger partial charge in [0.15, 0.2) is 5.65 Å². The lowest BCUT2D eigenvalue weighted by Crippen LogP contribution is -2.36. The lowest BCUT2D eigenvalue weighted by Gasteiger charge is -2.45. The highest BCUT2D eigenvalue weighted by molar-refractivity contribution is 8.33. The van der Waals surface area contributed by atoms with Gasteiger partial charge in [-0.3, -0.25) is 4.18 Å². The SMILES string of the molecule is CS(C)(c1cccc(-c2cc3nccc(N[C@@H]4C[C@H](COS(N)(=O)=O)[C@@H](O)[C@H]4O)n3n2)c1)C1CCC1. The Morgan fingerprint density at radius 3 is 2.64 bits per heavy atom. The fraction of sp³-hybridized carbons (Fsp3) is 0.500. The summed E-state index contributed by atoms with van der Waals surface area (Å²) in [5, 5.41) is 34.6. The molecule has 0 bridgehead atoms. The number of aliphatic hydroxyl groups excluding tert-OH is 2. The van der Waals surface area contributed by atoms with E-state index >= 15 is 0 Å². The molecule has 36 heavy (non-hydrogen) atoms. The third-order valence-electron chi connectivity index (χ3n) is 7.56. The zero-order chi connectivity index (χ0) is 25.7. The molecule has 3 aromatic rings. The molecule has 0 spiro atoms. The second-order valence-electron chi connectivity index (χ2n) is 10.1. The van der Waals surface area contributed by atoms with Crippen molar-refractivity contribution in [2.75, 3.05) is 24.4 Å². The molecule has 2 aromatic heterocycles. The van der Waals surface area contributed by atoms with E-state index in [4.69, 9.17) is 10.2 Å². The van der Waals surface area contributed by atoms with E-state index in [2.05, 4.69) is 51.3 Å². The van der Waals surface area contributed by atoms with Crippen molar-refractivity contribution < 1.29 is 22.8 Å². The van der Waals surface area contributed by atoms with Gasteiger partial charge in [0.25, 0.3) is 0 Å². The summed E-state index contributed by atoms with van der Waals surface area (Å²) in [4.78, 5) is 5.82. The smallest absolute Gasteiger partial charge is 0.333 e. The summed E-state index contributed by atoms with van der Waals surface area (Å²) in [6.07, 6.45) is 8.39. The van der Waals surface area contributed by atoms with Crippen LogP contribution in [0.25, 0.3) is 16.9 Å². The number of nitrogens with zero attached hydrogens (tertiary/aromatic N) is 3. The Morgan fingerprint density at radius 2 is 1.94 bits per heavy atom. The number of hydrogen-bond donors (Lipinski definition) is 4. The number of nitrogens with one attached hydrogen (secondary N) is 1. The number of rotatable bonds is 8. The van der Waals surface area contributed by atoms with E-state index in [9.17, 15) is 18.6 Å². The summed E-state index contributed by atoms with van der Waals surface area (Å²) in [7, 11) is -5.02. The molecular formula is C24H33N5O5S2. The molecule has 5 N–H and O–H groups in total. The lowest BCUT2D eigenvalue weighted by molar-refractivity contribution is 0.00777. The van der Waals surface area contributed by atoms with Crippen LogP contribution in [0.5, 0.6) is 0 Å². The van der Waals surface area contributed by atoms with Crippen molar-refractivity contribution in [2.24, 2.45) is 11.1 Å². The number of aliphatic hydroxyl groups is 2. The molecule has 0 aliphatic heterocycles. The predicted octanol–water partition coefficient (Wildman–Crippen LogP) is 2.11. The van der Waals surface area contributed by atoms with Gasteiger partial charge in [-0.2, -0.15) is 18.0 Å². The first-order chi connectivity index (χ1) is 17.0. The summed E-state index contributed by atoms with van der Waals surface area (Å²) in [5.74, 6) is 0.0117. The van der Waals surface area contributed by atoms with E-state index in [-0.39, 0.29) is 13.0 Å². The summed E-state index contributed by atoms with van der Waals surface area (Å²) in [6.45, 7) is -0.303. The van der Waals surface area contributed by atoms with Crippen molar-refractivity contribution in [1.29, 1.82) is 0 Å². The van der Waals surface area contributed by atoms with Crippen LogP contribution in [0.3, 0.4) is 0 Å². The van der Waals surface area contributed by atoms with Gasteiger partial charge in [-0.05, 0) is 54.1 Å². The van der Waals surface area contributed by atoms with Crippen LogP contribution >= 0.6 is 10.0 Å². The van der Waals surface area contributed by atoms with Crippen molar-refractivity contribution in [3.63, 3.8) is 0 Å². The molecule has 2 aliphatic carbocycles. The van der Waals surface area contributed by atoms with Crippen LogP contribution in [0.2, 0.25) is 0 Å². The fourth-order valence-corrected chi connectivity index (χ4v) is 8.21. The van der Waals surface area contributed by atoms with Crippen molar-refractivity contribution >= 4 is 31.8 Å². The maximum Gasteiger partial charge on any atom is 0.333 e. The maximum absolute atomic E-state index is 11.1. The number of anilines is 1. The van der Waals surface area contributed by atoms with Crippen molar-refractivity contribution in [3.8, 4) is 11.3 Å². The van der Waals surface area contributed by atoms with Crippen LogP contribution in [0.1, 0.15) is 25.7 Å². The molecule has 0 saturated heterocycles. The van der Waals surface area contributed by atoms with E-state index in [1.54, 1.807) is 16.8 Å².